The SMILES string of the molecule is C[C@@H](CC(=O)O)c1ccco1. The first-order valence-electron chi connectivity index (χ1n) is 3.45. The van der Waals surface area contributed by atoms with Crippen LogP contribution in [-0.2, 0) is 4.79 Å². The van der Waals surface area contributed by atoms with Crippen molar-refractivity contribution in [1.82, 2.24) is 0 Å². The Morgan fingerprint density at radius 2 is 2.55 bits per heavy atom. The van der Waals surface area contributed by atoms with Gasteiger partial charge in [0.1, 0.15) is 5.76 Å². The van der Waals surface area contributed by atoms with Crippen LogP contribution in [0.15, 0.2) is 22.8 Å². The van der Waals surface area contributed by atoms with Gasteiger partial charge in [0.15, 0.2) is 0 Å². The van der Waals surface area contributed by atoms with Gasteiger partial charge in [0.25, 0.3) is 0 Å². The summed E-state index contributed by atoms with van der Waals surface area (Å²) in [5.74, 6) is -0.108. The van der Waals surface area contributed by atoms with Crippen LogP contribution in [0.2, 0.25) is 0 Å². The fourth-order valence-corrected chi connectivity index (χ4v) is 0.934. The molecule has 0 fully saturated rings. The van der Waals surface area contributed by atoms with Crippen LogP contribution in [0.1, 0.15) is 25.0 Å². The topological polar surface area (TPSA) is 50.4 Å². The van der Waals surface area contributed by atoms with Crippen molar-refractivity contribution in [2.75, 3.05) is 0 Å². The van der Waals surface area contributed by atoms with Gasteiger partial charge >= 0.3 is 5.97 Å². The second kappa shape index (κ2) is 3.23. The van der Waals surface area contributed by atoms with Crippen LogP contribution in [0.25, 0.3) is 0 Å². The third-order valence-corrected chi connectivity index (χ3v) is 1.51. The van der Waals surface area contributed by atoms with Crippen LogP contribution < -0.4 is 0 Å². The third kappa shape index (κ3) is 2.11. The lowest BCUT2D eigenvalue weighted by atomic mass is 10.1. The van der Waals surface area contributed by atoms with Gasteiger partial charge in [-0.2, -0.15) is 0 Å². The average Bonchev–Trinajstić information content (AvgIpc) is 2.35. The first-order chi connectivity index (χ1) is 5.20. The molecule has 0 radical (unpaired) electrons. The minimum Gasteiger partial charge on any atom is -0.481 e. The number of carboxylic acids is 1. The lowest BCUT2D eigenvalue weighted by molar-refractivity contribution is -0.137. The van der Waals surface area contributed by atoms with Gasteiger partial charge in [-0.25, -0.2) is 0 Å². The van der Waals surface area contributed by atoms with Crippen molar-refractivity contribution < 1.29 is 14.3 Å². The van der Waals surface area contributed by atoms with Crippen molar-refractivity contribution in [3.05, 3.63) is 24.2 Å². The summed E-state index contributed by atoms with van der Waals surface area (Å²) in [6.45, 7) is 1.83. The lowest BCUT2D eigenvalue weighted by Gasteiger charge is -2.02. The Morgan fingerprint density at radius 3 is 3.00 bits per heavy atom. The van der Waals surface area contributed by atoms with E-state index in [2.05, 4.69) is 0 Å². The van der Waals surface area contributed by atoms with Crippen LogP contribution >= 0.6 is 0 Å². The van der Waals surface area contributed by atoms with E-state index in [4.69, 9.17) is 9.52 Å². The van der Waals surface area contributed by atoms with Crippen LogP contribution in [0.3, 0.4) is 0 Å². The average molecular weight is 154 g/mol. The molecular weight excluding hydrogens is 144 g/mol. The van der Waals surface area contributed by atoms with Gasteiger partial charge in [-0.1, -0.05) is 6.92 Å². The fraction of sp³-hybridized carbons (Fsp3) is 0.375. The van der Waals surface area contributed by atoms with Gasteiger partial charge in [-0.15, -0.1) is 0 Å². The van der Waals surface area contributed by atoms with E-state index in [0.717, 1.165) is 5.76 Å². The lowest BCUT2D eigenvalue weighted by Crippen LogP contribution is -2.01. The molecule has 11 heavy (non-hydrogen) atoms. The highest BCUT2D eigenvalue weighted by Gasteiger charge is 2.11. The molecule has 0 amide bonds. The molecule has 0 saturated carbocycles. The second-order valence-corrected chi connectivity index (χ2v) is 2.51. The molecule has 60 valence electrons. The highest BCUT2D eigenvalue weighted by atomic mass is 16.4. The van der Waals surface area contributed by atoms with E-state index in [1.807, 2.05) is 6.92 Å². The molecule has 1 atom stereocenters. The summed E-state index contributed by atoms with van der Waals surface area (Å²) in [6.07, 6.45) is 1.67. The molecule has 0 bridgehead atoms. The Hall–Kier alpha value is -1.25. The molecule has 0 unspecified atom stereocenters. The molecule has 0 saturated heterocycles. The minimum absolute atomic E-state index is 0.0394. The highest BCUT2D eigenvalue weighted by Crippen LogP contribution is 2.18. The molecule has 0 spiro atoms. The molecule has 3 heteroatoms. The summed E-state index contributed by atoms with van der Waals surface area (Å²) in [4.78, 5) is 10.3. The number of rotatable bonds is 3. The van der Waals surface area contributed by atoms with Crippen LogP contribution in [0.5, 0.6) is 0 Å². The molecule has 3 nitrogen and oxygen atoms in total. The summed E-state index contributed by atoms with van der Waals surface area (Å²) in [5.41, 5.74) is 0. The minimum atomic E-state index is -0.797. The molecule has 1 heterocycles. The molecular formula is C8H10O3. The molecule has 1 rings (SSSR count). The van der Waals surface area contributed by atoms with E-state index in [-0.39, 0.29) is 12.3 Å². The zero-order valence-electron chi connectivity index (χ0n) is 6.28. The summed E-state index contributed by atoms with van der Waals surface area (Å²) in [6, 6.07) is 3.54. The number of carboxylic acid groups (broad SMARTS) is 1. The number of hydrogen-bond donors (Lipinski definition) is 1. The maximum Gasteiger partial charge on any atom is 0.304 e. The highest BCUT2D eigenvalue weighted by molar-refractivity contribution is 5.67. The smallest absolute Gasteiger partial charge is 0.304 e. The van der Waals surface area contributed by atoms with Gasteiger partial charge in [0, 0.05) is 5.92 Å². The molecule has 0 aliphatic rings. The maximum absolute atomic E-state index is 10.3. The summed E-state index contributed by atoms with van der Waals surface area (Å²) in [5, 5.41) is 8.44. The van der Waals surface area contributed by atoms with Gasteiger partial charge in [-0.3, -0.25) is 4.79 Å². The van der Waals surface area contributed by atoms with Gasteiger partial charge in [0.05, 0.1) is 12.7 Å². The predicted molar refractivity (Wildman–Crippen MR) is 39.4 cm³/mol. The number of carbonyl (C=O) groups is 1. The molecule has 0 aliphatic carbocycles. The van der Waals surface area contributed by atoms with Crippen LogP contribution in [0, 0.1) is 0 Å². The Labute approximate surface area is 64.6 Å². The first-order valence-corrected chi connectivity index (χ1v) is 3.45. The molecule has 1 N–H and O–H groups in total. The van der Waals surface area contributed by atoms with E-state index in [0.29, 0.717) is 0 Å². The number of hydrogen-bond acceptors (Lipinski definition) is 2. The molecule has 0 aliphatic heterocycles. The summed E-state index contributed by atoms with van der Waals surface area (Å²) < 4.78 is 5.03. The van der Waals surface area contributed by atoms with E-state index < -0.39 is 5.97 Å². The van der Waals surface area contributed by atoms with E-state index in [1.165, 1.54) is 0 Å². The normalized spacial score (nSPS) is 12.8. The van der Waals surface area contributed by atoms with Crippen LogP contribution in [-0.4, -0.2) is 11.1 Å². The maximum atomic E-state index is 10.3. The number of aliphatic carboxylic acids is 1. The Balaban J connectivity index is 2.56. The van der Waals surface area contributed by atoms with E-state index in [9.17, 15) is 4.79 Å². The van der Waals surface area contributed by atoms with Gasteiger partial charge in [-0.05, 0) is 12.1 Å². The standard InChI is InChI=1S/C8H10O3/c1-6(5-8(9)10)7-3-2-4-11-7/h2-4,6H,5H2,1H3,(H,9,10)/t6-/m0/s1. The summed E-state index contributed by atoms with van der Waals surface area (Å²) >= 11 is 0. The van der Waals surface area contributed by atoms with Gasteiger partial charge < -0.3 is 9.52 Å². The van der Waals surface area contributed by atoms with E-state index in [1.54, 1.807) is 18.4 Å². The van der Waals surface area contributed by atoms with Crippen molar-refractivity contribution in [2.24, 2.45) is 0 Å². The van der Waals surface area contributed by atoms with Crippen molar-refractivity contribution in [3.63, 3.8) is 0 Å². The second-order valence-electron chi connectivity index (χ2n) is 2.51. The van der Waals surface area contributed by atoms with Crippen molar-refractivity contribution in [2.45, 2.75) is 19.3 Å². The summed E-state index contributed by atoms with van der Waals surface area (Å²) in [7, 11) is 0. The predicted octanol–water partition coefficient (Wildman–Crippen LogP) is 1.86. The quantitative estimate of drug-likeness (QED) is 0.722. The van der Waals surface area contributed by atoms with Crippen molar-refractivity contribution in [1.29, 1.82) is 0 Å². The van der Waals surface area contributed by atoms with Crippen molar-refractivity contribution >= 4 is 5.97 Å². The van der Waals surface area contributed by atoms with Gasteiger partial charge in [0.2, 0.25) is 0 Å². The zero-order valence-corrected chi connectivity index (χ0v) is 6.28. The Kier molecular flexibility index (Phi) is 2.31. The molecule has 1 aromatic heterocycles. The zero-order chi connectivity index (χ0) is 8.27. The first kappa shape index (κ1) is 7.85. The third-order valence-electron chi connectivity index (χ3n) is 1.51. The van der Waals surface area contributed by atoms with Crippen molar-refractivity contribution in [3.8, 4) is 0 Å². The number of furan rings is 1. The monoisotopic (exact) mass is 154 g/mol. The molecule has 0 aromatic carbocycles. The largest absolute Gasteiger partial charge is 0.481 e. The Morgan fingerprint density at radius 1 is 1.82 bits per heavy atom. The van der Waals surface area contributed by atoms with Crippen LogP contribution in [0.4, 0.5) is 0 Å². The molecule has 1 aromatic rings. The Bertz CT molecular complexity index is 225. The fourth-order valence-electron chi connectivity index (χ4n) is 0.934. The van der Waals surface area contributed by atoms with E-state index >= 15 is 0 Å².